The molecule has 4 heteroatoms. The smallest absolute Gasteiger partial charge is 0.234 e. The number of amides is 1. The number of benzene rings is 1. The molecule has 2 aliphatic rings. The van der Waals surface area contributed by atoms with Gasteiger partial charge in [-0.3, -0.25) is 14.6 Å². The second kappa shape index (κ2) is 9.19. The van der Waals surface area contributed by atoms with E-state index in [1.807, 2.05) is 0 Å². The number of nitrogens with one attached hydrogen (secondary N) is 1. The number of hydrogen-bond acceptors (Lipinski definition) is 3. The molecule has 2 aliphatic heterocycles. The fraction of sp³-hybridized carbons (Fsp3) is 0.650. The van der Waals surface area contributed by atoms with E-state index in [-0.39, 0.29) is 5.91 Å². The molecule has 4 nitrogen and oxygen atoms in total. The summed E-state index contributed by atoms with van der Waals surface area (Å²) in [6.07, 6.45) is 7.25. The zero-order valence-corrected chi connectivity index (χ0v) is 14.8. The van der Waals surface area contributed by atoms with Crippen molar-refractivity contribution >= 4 is 5.91 Å². The molecule has 2 heterocycles. The fourth-order valence-electron chi connectivity index (χ4n) is 3.85. The van der Waals surface area contributed by atoms with E-state index in [0.29, 0.717) is 12.6 Å². The summed E-state index contributed by atoms with van der Waals surface area (Å²) in [7, 11) is 0. The summed E-state index contributed by atoms with van der Waals surface area (Å²) in [4.78, 5) is 17.1. The van der Waals surface area contributed by atoms with Gasteiger partial charge in [0, 0.05) is 25.7 Å². The van der Waals surface area contributed by atoms with Crippen LogP contribution < -0.4 is 5.32 Å². The van der Waals surface area contributed by atoms with Crippen LogP contribution in [0.3, 0.4) is 0 Å². The lowest BCUT2D eigenvalue weighted by Crippen LogP contribution is -2.47. The zero-order valence-electron chi connectivity index (χ0n) is 14.8. The highest BCUT2D eigenvalue weighted by Gasteiger charge is 2.21. The number of nitrogens with zero attached hydrogens (tertiary/aromatic N) is 2. The highest BCUT2D eigenvalue weighted by molar-refractivity contribution is 5.78. The van der Waals surface area contributed by atoms with Crippen LogP contribution in [0.25, 0.3) is 0 Å². The standard InChI is InChI=1S/C20H31N3O/c24-20(17-22-12-6-1-2-7-13-22)21-19-10-14-23(15-11-19)16-18-8-4-3-5-9-18/h3-5,8-9,19H,1-2,6-7,10-17H2,(H,21,24). The summed E-state index contributed by atoms with van der Waals surface area (Å²) in [6, 6.07) is 11.0. The molecule has 1 aromatic carbocycles. The van der Waals surface area contributed by atoms with Crippen LogP contribution in [0.5, 0.6) is 0 Å². The molecule has 0 spiro atoms. The Morgan fingerprint density at radius 1 is 0.917 bits per heavy atom. The number of carbonyl (C=O) groups is 1. The van der Waals surface area contributed by atoms with Crippen molar-refractivity contribution in [1.82, 2.24) is 15.1 Å². The maximum Gasteiger partial charge on any atom is 0.234 e. The van der Waals surface area contributed by atoms with Crippen molar-refractivity contribution < 1.29 is 4.79 Å². The molecule has 1 aromatic rings. The van der Waals surface area contributed by atoms with Gasteiger partial charge >= 0.3 is 0 Å². The maximum atomic E-state index is 12.3. The molecule has 0 aromatic heterocycles. The van der Waals surface area contributed by atoms with Gasteiger partial charge in [-0.2, -0.15) is 0 Å². The first-order valence-corrected chi connectivity index (χ1v) is 9.57. The highest BCUT2D eigenvalue weighted by atomic mass is 16.2. The predicted molar refractivity (Wildman–Crippen MR) is 97.8 cm³/mol. The molecular weight excluding hydrogens is 298 g/mol. The monoisotopic (exact) mass is 329 g/mol. The third-order valence-corrected chi connectivity index (χ3v) is 5.27. The van der Waals surface area contributed by atoms with Crippen LogP contribution in [0, 0.1) is 0 Å². The molecule has 24 heavy (non-hydrogen) atoms. The molecule has 3 rings (SSSR count). The SMILES string of the molecule is O=C(CN1CCCCCC1)NC1CCN(Cc2ccccc2)CC1. The molecule has 2 fully saturated rings. The lowest BCUT2D eigenvalue weighted by molar-refractivity contribution is -0.123. The lowest BCUT2D eigenvalue weighted by atomic mass is 10.0. The molecule has 132 valence electrons. The molecule has 2 saturated heterocycles. The molecule has 1 N–H and O–H groups in total. The first-order chi connectivity index (χ1) is 11.8. The second-order valence-corrected chi connectivity index (χ2v) is 7.29. The largest absolute Gasteiger partial charge is 0.352 e. The molecule has 0 saturated carbocycles. The van der Waals surface area contributed by atoms with Crippen molar-refractivity contribution in [1.29, 1.82) is 0 Å². The van der Waals surface area contributed by atoms with Crippen molar-refractivity contribution in [3.05, 3.63) is 35.9 Å². The molecule has 0 radical (unpaired) electrons. The summed E-state index contributed by atoms with van der Waals surface area (Å²) in [5.74, 6) is 0.221. The van der Waals surface area contributed by atoms with E-state index in [4.69, 9.17) is 0 Å². The van der Waals surface area contributed by atoms with Gasteiger partial charge in [-0.15, -0.1) is 0 Å². The Bertz CT molecular complexity index is 489. The molecule has 1 amide bonds. The van der Waals surface area contributed by atoms with E-state index >= 15 is 0 Å². The van der Waals surface area contributed by atoms with Crippen LogP contribution in [-0.4, -0.2) is 54.5 Å². The van der Waals surface area contributed by atoms with Gasteiger partial charge in [0.05, 0.1) is 6.54 Å². The van der Waals surface area contributed by atoms with Crippen molar-refractivity contribution in [2.45, 2.75) is 51.1 Å². The Balaban J connectivity index is 1.36. The number of carbonyl (C=O) groups excluding carboxylic acids is 1. The molecule has 0 aliphatic carbocycles. The molecule has 0 atom stereocenters. The van der Waals surface area contributed by atoms with E-state index in [0.717, 1.165) is 45.6 Å². The second-order valence-electron chi connectivity index (χ2n) is 7.29. The van der Waals surface area contributed by atoms with Gasteiger partial charge in [0.2, 0.25) is 5.91 Å². The number of rotatable bonds is 5. The minimum Gasteiger partial charge on any atom is -0.352 e. The third kappa shape index (κ3) is 5.60. The summed E-state index contributed by atoms with van der Waals surface area (Å²) in [6.45, 7) is 5.93. The summed E-state index contributed by atoms with van der Waals surface area (Å²) in [5.41, 5.74) is 1.38. The van der Waals surface area contributed by atoms with Crippen LogP contribution in [0.15, 0.2) is 30.3 Å². The normalized spacial score (nSPS) is 21.3. The minimum absolute atomic E-state index is 0.221. The Hall–Kier alpha value is -1.39. The van der Waals surface area contributed by atoms with Gasteiger partial charge in [0.15, 0.2) is 0 Å². The van der Waals surface area contributed by atoms with E-state index in [2.05, 4.69) is 45.4 Å². The first kappa shape index (κ1) is 17.4. The van der Waals surface area contributed by atoms with E-state index in [9.17, 15) is 4.79 Å². The predicted octanol–water partition coefficient (Wildman–Crippen LogP) is 2.64. The lowest BCUT2D eigenvalue weighted by Gasteiger charge is -2.32. The number of likely N-dealkylation sites (tertiary alicyclic amines) is 2. The van der Waals surface area contributed by atoms with Crippen LogP contribution in [0.2, 0.25) is 0 Å². The third-order valence-electron chi connectivity index (χ3n) is 5.27. The fourth-order valence-corrected chi connectivity index (χ4v) is 3.85. The Labute approximate surface area is 146 Å². The maximum absolute atomic E-state index is 12.3. The van der Waals surface area contributed by atoms with E-state index in [1.54, 1.807) is 0 Å². The van der Waals surface area contributed by atoms with Gasteiger partial charge in [-0.1, -0.05) is 43.2 Å². The zero-order chi connectivity index (χ0) is 16.6. The van der Waals surface area contributed by atoms with Crippen molar-refractivity contribution in [2.24, 2.45) is 0 Å². The Morgan fingerprint density at radius 2 is 1.58 bits per heavy atom. The van der Waals surface area contributed by atoms with Gasteiger partial charge in [-0.25, -0.2) is 0 Å². The van der Waals surface area contributed by atoms with E-state index < -0.39 is 0 Å². The quantitative estimate of drug-likeness (QED) is 0.902. The van der Waals surface area contributed by atoms with Gasteiger partial charge in [-0.05, 0) is 44.3 Å². The Morgan fingerprint density at radius 3 is 2.25 bits per heavy atom. The first-order valence-electron chi connectivity index (χ1n) is 9.57. The van der Waals surface area contributed by atoms with E-state index in [1.165, 1.54) is 31.2 Å². The van der Waals surface area contributed by atoms with Crippen LogP contribution in [0.1, 0.15) is 44.1 Å². The summed E-state index contributed by atoms with van der Waals surface area (Å²) >= 11 is 0. The summed E-state index contributed by atoms with van der Waals surface area (Å²) in [5, 5.41) is 3.26. The number of hydrogen-bond donors (Lipinski definition) is 1. The molecule has 0 bridgehead atoms. The topological polar surface area (TPSA) is 35.6 Å². The van der Waals surface area contributed by atoms with Gasteiger partial charge in [0.25, 0.3) is 0 Å². The van der Waals surface area contributed by atoms with Crippen molar-refractivity contribution in [2.75, 3.05) is 32.7 Å². The van der Waals surface area contributed by atoms with Crippen molar-refractivity contribution in [3.8, 4) is 0 Å². The van der Waals surface area contributed by atoms with Crippen LogP contribution >= 0.6 is 0 Å². The number of piperidine rings is 1. The van der Waals surface area contributed by atoms with Crippen molar-refractivity contribution in [3.63, 3.8) is 0 Å². The molecule has 0 unspecified atom stereocenters. The average molecular weight is 329 g/mol. The van der Waals surface area contributed by atoms with Gasteiger partial charge in [0.1, 0.15) is 0 Å². The van der Waals surface area contributed by atoms with Crippen LogP contribution in [-0.2, 0) is 11.3 Å². The van der Waals surface area contributed by atoms with Crippen LogP contribution in [0.4, 0.5) is 0 Å². The minimum atomic E-state index is 0.221. The summed E-state index contributed by atoms with van der Waals surface area (Å²) < 4.78 is 0. The van der Waals surface area contributed by atoms with Gasteiger partial charge < -0.3 is 5.32 Å². The average Bonchev–Trinajstić information content (AvgIpc) is 2.86. The molecular formula is C20H31N3O. The highest BCUT2D eigenvalue weighted by Crippen LogP contribution is 2.14. The Kier molecular flexibility index (Phi) is 6.67.